The third-order valence-corrected chi connectivity index (χ3v) is 3.72. The molecular weight excluding hydrogens is 290 g/mol. The highest BCUT2D eigenvalue weighted by atomic mass is 16.5. The first kappa shape index (κ1) is 15.0. The number of ketones is 1. The molecule has 0 saturated heterocycles. The van der Waals surface area contributed by atoms with Crippen LogP contribution in [-0.4, -0.2) is 22.8 Å². The van der Waals surface area contributed by atoms with E-state index in [0.29, 0.717) is 23.3 Å². The number of carbonyl (C=O) groups excluding carboxylic acids is 2. The average Bonchev–Trinajstić information content (AvgIpc) is 2.97. The zero-order valence-corrected chi connectivity index (χ0v) is 13.1. The van der Waals surface area contributed by atoms with Crippen molar-refractivity contribution in [2.24, 2.45) is 0 Å². The van der Waals surface area contributed by atoms with Crippen molar-refractivity contribution in [1.29, 1.82) is 0 Å². The lowest BCUT2D eigenvalue weighted by Gasteiger charge is -2.06. The first-order chi connectivity index (χ1) is 11.1. The van der Waals surface area contributed by atoms with E-state index in [2.05, 4.69) is 0 Å². The first-order valence-electron chi connectivity index (χ1n) is 7.49. The second-order valence-electron chi connectivity index (χ2n) is 5.35. The lowest BCUT2D eigenvalue weighted by molar-refractivity contribution is 0.0525. The number of rotatable bonds is 4. The molecule has 0 aliphatic heterocycles. The number of fused-ring (bicyclic) bond motifs is 1. The molecule has 0 bridgehead atoms. The van der Waals surface area contributed by atoms with Gasteiger partial charge in [-0.1, -0.05) is 30.3 Å². The van der Waals surface area contributed by atoms with Gasteiger partial charge in [0.1, 0.15) is 0 Å². The average molecular weight is 307 g/mol. The summed E-state index contributed by atoms with van der Waals surface area (Å²) in [4.78, 5) is 24.5. The number of aryl methyl sites for hydroxylation is 1. The molecule has 1 aromatic carbocycles. The van der Waals surface area contributed by atoms with Crippen LogP contribution in [0.1, 0.15) is 38.8 Å². The van der Waals surface area contributed by atoms with Crippen LogP contribution in [0.15, 0.2) is 54.9 Å². The number of hydrogen-bond donors (Lipinski definition) is 0. The third-order valence-electron chi connectivity index (χ3n) is 3.72. The molecule has 2 aromatic heterocycles. The van der Waals surface area contributed by atoms with Gasteiger partial charge < -0.3 is 9.14 Å². The van der Waals surface area contributed by atoms with Gasteiger partial charge in [-0.05, 0) is 31.5 Å². The zero-order chi connectivity index (χ0) is 16.4. The van der Waals surface area contributed by atoms with E-state index in [0.717, 1.165) is 11.1 Å². The zero-order valence-electron chi connectivity index (χ0n) is 13.1. The van der Waals surface area contributed by atoms with E-state index < -0.39 is 0 Å². The summed E-state index contributed by atoms with van der Waals surface area (Å²) in [6.45, 7) is 3.96. The molecule has 0 aliphatic rings. The van der Waals surface area contributed by atoms with Gasteiger partial charge in [0, 0.05) is 29.0 Å². The van der Waals surface area contributed by atoms with Crippen LogP contribution in [0, 0.1) is 6.92 Å². The number of ether oxygens (including phenoxy) is 1. The van der Waals surface area contributed by atoms with Crippen molar-refractivity contribution in [2.75, 3.05) is 6.61 Å². The highest BCUT2D eigenvalue weighted by Crippen LogP contribution is 2.19. The Hall–Kier alpha value is -2.88. The second kappa shape index (κ2) is 6.08. The Kier molecular flexibility index (Phi) is 3.98. The minimum atomic E-state index is -0.343. The molecule has 116 valence electrons. The van der Waals surface area contributed by atoms with E-state index in [-0.39, 0.29) is 11.8 Å². The van der Waals surface area contributed by atoms with Crippen LogP contribution in [0.25, 0.3) is 5.52 Å². The lowest BCUT2D eigenvalue weighted by atomic mass is 10.1. The Morgan fingerprint density at radius 2 is 1.78 bits per heavy atom. The van der Waals surface area contributed by atoms with E-state index >= 15 is 0 Å². The van der Waals surface area contributed by atoms with Crippen LogP contribution in [0.2, 0.25) is 0 Å². The lowest BCUT2D eigenvalue weighted by Crippen LogP contribution is -2.07. The van der Waals surface area contributed by atoms with Crippen molar-refractivity contribution in [2.45, 2.75) is 13.8 Å². The smallest absolute Gasteiger partial charge is 0.338 e. The minimum Gasteiger partial charge on any atom is -0.462 e. The van der Waals surface area contributed by atoms with Crippen LogP contribution in [-0.2, 0) is 4.74 Å². The monoisotopic (exact) mass is 307 g/mol. The molecule has 0 atom stereocenters. The Balaban J connectivity index is 2.02. The number of pyridine rings is 1. The van der Waals surface area contributed by atoms with Crippen molar-refractivity contribution in [1.82, 2.24) is 4.40 Å². The van der Waals surface area contributed by atoms with E-state index in [1.807, 2.05) is 35.7 Å². The molecule has 3 rings (SSSR count). The molecule has 0 saturated carbocycles. The van der Waals surface area contributed by atoms with Gasteiger partial charge in [0.15, 0.2) is 5.78 Å². The van der Waals surface area contributed by atoms with Gasteiger partial charge >= 0.3 is 5.97 Å². The van der Waals surface area contributed by atoms with Gasteiger partial charge in [0.25, 0.3) is 0 Å². The fourth-order valence-corrected chi connectivity index (χ4v) is 2.57. The summed E-state index contributed by atoms with van der Waals surface area (Å²) in [5.74, 6) is -0.380. The van der Waals surface area contributed by atoms with Crippen molar-refractivity contribution < 1.29 is 14.3 Å². The number of benzene rings is 1. The molecule has 3 aromatic rings. The molecule has 0 unspecified atom stereocenters. The maximum atomic E-state index is 12.5. The highest BCUT2D eigenvalue weighted by Gasteiger charge is 2.15. The fraction of sp³-hybridized carbons (Fsp3) is 0.158. The predicted molar refractivity (Wildman–Crippen MR) is 88.0 cm³/mol. The van der Waals surface area contributed by atoms with Crippen LogP contribution < -0.4 is 0 Å². The molecule has 4 heteroatoms. The summed E-state index contributed by atoms with van der Waals surface area (Å²) in [5, 5.41) is 0. The molecule has 0 N–H and O–H groups in total. The maximum Gasteiger partial charge on any atom is 0.338 e. The van der Waals surface area contributed by atoms with Gasteiger partial charge in [0.2, 0.25) is 0 Å². The Morgan fingerprint density at radius 1 is 1.04 bits per heavy atom. The third kappa shape index (κ3) is 2.88. The topological polar surface area (TPSA) is 47.8 Å². The minimum absolute atomic E-state index is 0.0374. The summed E-state index contributed by atoms with van der Waals surface area (Å²) in [6, 6.07) is 12.7. The standard InChI is InChI=1S/C19H17NO3/c1-3-23-19(22)17-10-16-9-15(12-20(16)11-13(17)2)18(21)14-7-5-4-6-8-14/h4-12H,3H2,1-2H3. The van der Waals surface area contributed by atoms with Crippen molar-refractivity contribution in [3.63, 3.8) is 0 Å². The van der Waals surface area contributed by atoms with E-state index in [4.69, 9.17) is 4.74 Å². The van der Waals surface area contributed by atoms with Gasteiger partial charge in [-0.15, -0.1) is 0 Å². The Bertz CT molecular complexity index is 878. The molecule has 0 spiro atoms. The van der Waals surface area contributed by atoms with Gasteiger partial charge in [0.05, 0.1) is 12.2 Å². The summed E-state index contributed by atoms with van der Waals surface area (Å²) in [7, 11) is 0. The van der Waals surface area contributed by atoms with E-state index in [9.17, 15) is 9.59 Å². The van der Waals surface area contributed by atoms with Crippen LogP contribution in [0.3, 0.4) is 0 Å². The maximum absolute atomic E-state index is 12.5. The number of nitrogens with zero attached hydrogens (tertiary/aromatic N) is 1. The molecule has 2 heterocycles. The largest absolute Gasteiger partial charge is 0.462 e. The highest BCUT2D eigenvalue weighted by molar-refractivity contribution is 6.09. The Morgan fingerprint density at radius 3 is 2.48 bits per heavy atom. The van der Waals surface area contributed by atoms with Crippen molar-refractivity contribution in [3.8, 4) is 0 Å². The molecular formula is C19H17NO3. The van der Waals surface area contributed by atoms with Crippen molar-refractivity contribution >= 4 is 17.3 Å². The number of carbonyl (C=O) groups is 2. The second-order valence-corrected chi connectivity index (χ2v) is 5.35. The van der Waals surface area contributed by atoms with E-state index in [1.165, 1.54) is 0 Å². The summed E-state index contributed by atoms with van der Waals surface area (Å²) < 4.78 is 6.92. The molecule has 23 heavy (non-hydrogen) atoms. The fourth-order valence-electron chi connectivity index (χ4n) is 2.57. The van der Waals surface area contributed by atoms with Crippen LogP contribution >= 0.6 is 0 Å². The van der Waals surface area contributed by atoms with Gasteiger partial charge in [-0.25, -0.2) is 4.79 Å². The number of hydrogen-bond acceptors (Lipinski definition) is 3. The summed E-state index contributed by atoms with van der Waals surface area (Å²) >= 11 is 0. The Labute approximate surface area is 134 Å². The molecule has 0 aliphatic carbocycles. The van der Waals surface area contributed by atoms with E-state index in [1.54, 1.807) is 37.4 Å². The molecule has 4 nitrogen and oxygen atoms in total. The van der Waals surface area contributed by atoms with Crippen molar-refractivity contribution in [3.05, 3.63) is 77.1 Å². The number of esters is 1. The quantitative estimate of drug-likeness (QED) is 0.546. The van der Waals surface area contributed by atoms with Crippen LogP contribution in [0.5, 0.6) is 0 Å². The molecule has 0 radical (unpaired) electrons. The molecule has 0 amide bonds. The van der Waals surface area contributed by atoms with Gasteiger partial charge in [-0.2, -0.15) is 0 Å². The molecule has 0 fully saturated rings. The summed E-state index contributed by atoms with van der Waals surface area (Å²) in [5.41, 5.74) is 3.36. The summed E-state index contributed by atoms with van der Waals surface area (Å²) in [6.07, 6.45) is 3.62. The predicted octanol–water partition coefficient (Wildman–Crippen LogP) is 3.66. The first-order valence-corrected chi connectivity index (χ1v) is 7.49. The SMILES string of the molecule is CCOC(=O)c1cc2cc(C(=O)c3ccccc3)cn2cc1C. The normalized spacial score (nSPS) is 10.7. The van der Waals surface area contributed by atoms with Gasteiger partial charge in [-0.3, -0.25) is 4.79 Å². The number of aromatic nitrogens is 1. The van der Waals surface area contributed by atoms with Crippen LogP contribution in [0.4, 0.5) is 0 Å².